The van der Waals surface area contributed by atoms with Gasteiger partial charge in [0.15, 0.2) is 0 Å². The van der Waals surface area contributed by atoms with E-state index in [4.69, 9.17) is 18.0 Å². The molecule has 4 nitrogen and oxygen atoms in total. The summed E-state index contributed by atoms with van der Waals surface area (Å²) in [4.78, 5) is 0.307. The highest BCUT2D eigenvalue weighted by Gasteiger charge is 2.14. The summed E-state index contributed by atoms with van der Waals surface area (Å²) in [7, 11) is -3.61. The van der Waals surface area contributed by atoms with E-state index in [-0.39, 0.29) is 16.4 Å². The summed E-state index contributed by atoms with van der Waals surface area (Å²) in [5, 5.41) is 0. The molecule has 0 fully saturated rings. The number of rotatable bonds is 5. The highest BCUT2D eigenvalue weighted by atomic mass is 79.9. The number of nitrogens with one attached hydrogen (secondary N) is 1. The summed E-state index contributed by atoms with van der Waals surface area (Å²) in [6.07, 6.45) is 0. The molecule has 0 aliphatic heterocycles. The van der Waals surface area contributed by atoms with Crippen molar-refractivity contribution in [1.29, 1.82) is 0 Å². The fourth-order valence-electron chi connectivity index (χ4n) is 1.73. The van der Waals surface area contributed by atoms with E-state index in [0.717, 1.165) is 10.0 Å². The third-order valence-corrected chi connectivity index (χ3v) is 4.91. The van der Waals surface area contributed by atoms with Crippen molar-refractivity contribution in [1.82, 2.24) is 4.72 Å². The van der Waals surface area contributed by atoms with Crippen LogP contribution in [0.1, 0.15) is 11.1 Å². The van der Waals surface area contributed by atoms with Gasteiger partial charge in [0, 0.05) is 16.6 Å². The fourth-order valence-corrected chi connectivity index (χ4v) is 3.36. The highest BCUT2D eigenvalue weighted by molar-refractivity contribution is 9.10. The second-order valence-electron chi connectivity index (χ2n) is 4.35. The van der Waals surface area contributed by atoms with Crippen molar-refractivity contribution in [3.8, 4) is 0 Å². The maximum Gasteiger partial charge on any atom is 0.240 e. The number of sulfonamides is 1. The molecule has 3 N–H and O–H groups in total. The summed E-state index contributed by atoms with van der Waals surface area (Å²) in [6.45, 7) is 0.207. The van der Waals surface area contributed by atoms with Crippen LogP contribution >= 0.6 is 28.1 Å². The second-order valence-corrected chi connectivity index (χ2v) is 7.47. The molecule has 2 aromatic carbocycles. The maximum atomic E-state index is 12.3. The molecule has 0 aromatic heterocycles. The predicted octanol–water partition coefficient (Wildman–Crippen LogP) is 2.56. The van der Waals surface area contributed by atoms with E-state index in [2.05, 4.69) is 20.7 Å². The Morgan fingerprint density at radius 3 is 2.57 bits per heavy atom. The quantitative estimate of drug-likeness (QED) is 0.776. The van der Waals surface area contributed by atoms with Gasteiger partial charge in [-0.3, -0.25) is 0 Å². The van der Waals surface area contributed by atoms with Crippen LogP contribution in [0.15, 0.2) is 57.9 Å². The molecule has 0 spiro atoms. The Balaban J connectivity index is 2.19. The lowest BCUT2D eigenvalue weighted by atomic mass is 10.2. The third-order valence-electron chi connectivity index (χ3n) is 2.78. The molecule has 0 aliphatic carbocycles. The van der Waals surface area contributed by atoms with Crippen LogP contribution in [-0.2, 0) is 16.6 Å². The summed E-state index contributed by atoms with van der Waals surface area (Å²) in [6, 6.07) is 13.7. The lowest BCUT2D eigenvalue weighted by Gasteiger charge is -2.08. The number of hydrogen-bond donors (Lipinski definition) is 2. The van der Waals surface area contributed by atoms with Crippen molar-refractivity contribution in [2.24, 2.45) is 5.73 Å². The zero-order valence-electron chi connectivity index (χ0n) is 10.9. The van der Waals surface area contributed by atoms with Crippen molar-refractivity contribution in [3.05, 3.63) is 64.1 Å². The van der Waals surface area contributed by atoms with Gasteiger partial charge < -0.3 is 5.73 Å². The van der Waals surface area contributed by atoms with Crippen LogP contribution in [0.5, 0.6) is 0 Å². The zero-order chi connectivity index (χ0) is 15.5. The van der Waals surface area contributed by atoms with Crippen LogP contribution in [0.25, 0.3) is 0 Å². The van der Waals surface area contributed by atoms with Gasteiger partial charge >= 0.3 is 0 Å². The standard InChI is InChI=1S/C14H13BrN2O2S2/c15-12-5-1-3-10(7-12)9-17-21(18,19)13-6-2-4-11(8-13)14(16)20/h1-8,17H,9H2,(H2,16,20). The number of benzene rings is 2. The summed E-state index contributed by atoms with van der Waals surface area (Å²) < 4.78 is 28.0. The topological polar surface area (TPSA) is 72.2 Å². The number of nitrogens with two attached hydrogens (primary N) is 1. The van der Waals surface area contributed by atoms with Gasteiger partial charge in [-0.15, -0.1) is 0 Å². The lowest BCUT2D eigenvalue weighted by Crippen LogP contribution is -2.23. The zero-order valence-corrected chi connectivity index (χ0v) is 14.1. The van der Waals surface area contributed by atoms with Gasteiger partial charge in [-0.2, -0.15) is 0 Å². The van der Waals surface area contributed by atoms with Crippen LogP contribution in [0.2, 0.25) is 0 Å². The largest absolute Gasteiger partial charge is 0.389 e. The highest BCUT2D eigenvalue weighted by Crippen LogP contribution is 2.14. The Morgan fingerprint density at radius 1 is 1.19 bits per heavy atom. The van der Waals surface area contributed by atoms with E-state index in [1.165, 1.54) is 12.1 Å². The molecule has 110 valence electrons. The van der Waals surface area contributed by atoms with Crippen molar-refractivity contribution < 1.29 is 8.42 Å². The van der Waals surface area contributed by atoms with Gasteiger partial charge in [-0.1, -0.05) is 52.4 Å². The molecule has 0 atom stereocenters. The van der Waals surface area contributed by atoms with E-state index >= 15 is 0 Å². The van der Waals surface area contributed by atoms with Crippen LogP contribution in [0, 0.1) is 0 Å². The monoisotopic (exact) mass is 384 g/mol. The first kappa shape index (κ1) is 16.1. The van der Waals surface area contributed by atoms with Gasteiger partial charge in [-0.05, 0) is 29.8 Å². The molecular formula is C14H13BrN2O2S2. The van der Waals surface area contributed by atoms with Gasteiger partial charge in [0.1, 0.15) is 4.99 Å². The minimum atomic E-state index is -3.61. The van der Waals surface area contributed by atoms with Crippen molar-refractivity contribution >= 4 is 43.2 Å². The Bertz CT molecular complexity index is 776. The van der Waals surface area contributed by atoms with E-state index < -0.39 is 10.0 Å². The summed E-state index contributed by atoms with van der Waals surface area (Å²) in [5.41, 5.74) is 6.90. The first-order valence-corrected chi connectivity index (χ1v) is 8.71. The number of hydrogen-bond acceptors (Lipinski definition) is 3. The number of halogens is 1. The van der Waals surface area contributed by atoms with E-state index in [1.807, 2.05) is 24.3 Å². The Morgan fingerprint density at radius 2 is 1.90 bits per heavy atom. The molecule has 0 bridgehead atoms. The molecule has 7 heteroatoms. The van der Waals surface area contributed by atoms with E-state index in [9.17, 15) is 8.42 Å². The average molecular weight is 385 g/mol. The SMILES string of the molecule is NC(=S)c1cccc(S(=O)(=O)NCc2cccc(Br)c2)c1. The van der Waals surface area contributed by atoms with Crippen LogP contribution in [-0.4, -0.2) is 13.4 Å². The van der Waals surface area contributed by atoms with Crippen LogP contribution < -0.4 is 10.5 Å². The van der Waals surface area contributed by atoms with E-state index in [0.29, 0.717) is 5.56 Å². The molecule has 0 heterocycles. The molecular weight excluding hydrogens is 372 g/mol. The Hall–Kier alpha value is -1.28. The Labute approximate surface area is 137 Å². The maximum absolute atomic E-state index is 12.3. The molecule has 2 rings (SSSR count). The molecule has 21 heavy (non-hydrogen) atoms. The number of thiocarbonyl (C=S) groups is 1. The van der Waals surface area contributed by atoms with Crippen LogP contribution in [0.4, 0.5) is 0 Å². The smallest absolute Gasteiger partial charge is 0.240 e. The molecule has 2 aromatic rings. The first-order chi connectivity index (χ1) is 9.88. The normalized spacial score (nSPS) is 11.3. The van der Waals surface area contributed by atoms with Crippen LogP contribution in [0.3, 0.4) is 0 Å². The third kappa shape index (κ3) is 4.34. The van der Waals surface area contributed by atoms with Crippen molar-refractivity contribution in [2.45, 2.75) is 11.4 Å². The van der Waals surface area contributed by atoms with Gasteiger partial charge in [-0.25, -0.2) is 13.1 Å². The van der Waals surface area contributed by atoms with Crippen molar-refractivity contribution in [2.75, 3.05) is 0 Å². The lowest BCUT2D eigenvalue weighted by molar-refractivity contribution is 0.581. The Kier molecular flexibility index (Phi) is 5.10. The van der Waals surface area contributed by atoms with Crippen molar-refractivity contribution in [3.63, 3.8) is 0 Å². The predicted molar refractivity (Wildman–Crippen MR) is 90.5 cm³/mol. The fraction of sp³-hybridized carbons (Fsp3) is 0.0714. The molecule has 0 radical (unpaired) electrons. The molecule has 0 aliphatic rings. The molecule has 0 saturated carbocycles. The van der Waals surface area contributed by atoms with Gasteiger partial charge in [0.2, 0.25) is 10.0 Å². The summed E-state index contributed by atoms with van der Waals surface area (Å²) in [5.74, 6) is 0. The van der Waals surface area contributed by atoms with Gasteiger partial charge in [0.05, 0.1) is 4.90 Å². The minimum absolute atomic E-state index is 0.141. The molecule has 0 amide bonds. The second kappa shape index (κ2) is 6.65. The molecule has 0 saturated heterocycles. The first-order valence-electron chi connectivity index (χ1n) is 6.02. The summed E-state index contributed by atoms with van der Waals surface area (Å²) >= 11 is 8.20. The minimum Gasteiger partial charge on any atom is -0.389 e. The molecule has 0 unspecified atom stereocenters. The van der Waals surface area contributed by atoms with E-state index in [1.54, 1.807) is 12.1 Å². The average Bonchev–Trinajstić information content (AvgIpc) is 2.45. The van der Waals surface area contributed by atoms with Gasteiger partial charge in [0.25, 0.3) is 0 Å².